The lowest BCUT2D eigenvalue weighted by molar-refractivity contribution is -0.134. The third kappa shape index (κ3) is 8.09. The quantitative estimate of drug-likeness (QED) is 0.183. The van der Waals surface area contributed by atoms with Gasteiger partial charge in [-0.05, 0) is 47.2 Å². The second kappa shape index (κ2) is 13.0. The van der Waals surface area contributed by atoms with Crippen LogP contribution in [0.3, 0.4) is 0 Å². The molecule has 0 saturated heterocycles. The van der Waals surface area contributed by atoms with Crippen molar-refractivity contribution in [2.45, 2.75) is 32.6 Å². The molecule has 1 amide bonds. The summed E-state index contributed by atoms with van der Waals surface area (Å²) in [6.07, 6.45) is 2.24. The SMILES string of the molecule is COCCNC(=O)/C(C#N)=C/c1ccc(OC(=O)CCc2ccc(C(C)C)cc2)c(OC)c1. The highest BCUT2D eigenvalue weighted by Gasteiger charge is 2.13. The average molecular weight is 451 g/mol. The molecule has 7 heteroatoms. The summed E-state index contributed by atoms with van der Waals surface area (Å²) in [6, 6.07) is 14.9. The van der Waals surface area contributed by atoms with Crippen LogP contribution in [0.5, 0.6) is 11.5 Å². The van der Waals surface area contributed by atoms with Crippen LogP contribution in [0.1, 0.15) is 42.9 Å². The molecule has 0 radical (unpaired) electrons. The first-order valence-electron chi connectivity index (χ1n) is 10.7. The van der Waals surface area contributed by atoms with Gasteiger partial charge in [0.2, 0.25) is 0 Å². The molecule has 0 aromatic heterocycles. The molecule has 7 nitrogen and oxygen atoms in total. The lowest BCUT2D eigenvalue weighted by Crippen LogP contribution is -2.27. The first-order valence-corrected chi connectivity index (χ1v) is 10.7. The molecule has 2 aromatic rings. The Hall–Kier alpha value is -3.63. The highest BCUT2D eigenvalue weighted by molar-refractivity contribution is 6.01. The van der Waals surface area contributed by atoms with Gasteiger partial charge in [-0.2, -0.15) is 5.26 Å². The van der Waals surface area contributed by atoms with Gasteiger partial charge in [0.1, 0.15) is 11.6 Å². The van der Waals surface area contributed by atoms with Crippen LogP contribution < -0.4 is 14.8 Å². The molecule has 0 atom stereocenters. The minimum absolute atomic E-state index is 0.0543. The summed E-state index contributed by atoms with van der Waals surface area (Å²) in [4.78, 5) is 24.5. The van der Waals surface area contributed by atoms with Crippen molar-refractivity contribution >= 4 is 18.0 Å². The van der Waals surface area contributed by atoms with Gasteiger partial charge in [-0.1, -0.05) is 44.2 Å². The van der Waals surface area contributed by atoms with E-state index in [1.54, 1.807) is 18.2 Å². The Morgan fingerprint density at radius 2 is 1.82 bits per heavy atom. The zero-order chi connectivity index (χ0) is 24.2. The Labute approximate surface area is 195 Å². The molecule has 2 rings (SSSR count). The number of rotatable bonds is 11. The predicted octanol–water partition coefficient (Wildman–Crippen LogP) is 4.03. The van der Waals surface area contributed by atoms with E-state index in [1.807, 2.05) is 18.2 Å². The normalized spacial score (nSPS) is 11.1. The van der Waals surface area contributed by atoms with Crippen LogP contribution >= 0.6 is 0 Å². The standard InChI is InChI=1S/C26H30N2O5/c1-18(2)21-9-5-19(6-10-21)8-12-25(29)33-23-11-7-20(16-24(23)32-4)15-22(17-27)26(30)28-13-14-31-3/h5-7,9-11,15-16,18H,8,12-14H2,1-4H3,(H,28,30)/b22-15+. The zero-order valence-electron chi connectivity index (χ0n) is 19.5. The number of carbonyl (C=O) groups is 2. The number of hydrogen-bond acceptors (Lipinski definition) is 6. The van der Waals surface area contributed by atoms with Gasteiger partial charge in [0, 0.05) is 20.1 Å². The van der Waals surface area contributed by atoms with Crippen molar-refractivity contribution < 1.29 is 23.8 Å². The van der Waals surface area contributed by atoms with Crippen molar-refractivity contribution in [2.75, 3.05) is 27.4 Å². The lowest BCUT2D eigenvalue weighted by atomic mass is 10.0. The number of amides is 1. The van der Waals surface area contributed by atoms with Crippen LogP contribution in [0.15, 0.2) is 48.0 Å². The monoisotopic (exact) mass is 450 g/mol. The number of ether oxygens (including phenoxy) is 3. The van der Waals surface area contributed by atoms with Crippen molar-refractivity contribution in [2.24, 2.45) is 0 Å². The molecule has 0 heterocycles. The van der Waals surface area contributed by atoms with Gasteiger partial charge >= 0.3 is 5.97 Å². The van der Waals surface area contributed by atoms with E-state index in [2.05, 4.69) is 31.3 Å². The maximum Gasteiger partial charge on any atom is 0.311 e. The summed E-state index contributed by atoms with van der Waals surface area (Å²) in [5, 5.41) is 11.9. The van der Waals surface area contributed by atoms with Crippen LogP contribution in [0, 0.1) is 11.3 Å². The molecule has 0 saturated carbocycles. The first-order chi connectivity index (χ1) is 15.9. The van der Waals surface area contributed by atoms with Gasteiger partial charge < -0.3 is 19.5 Å². The first kappa shape index (κ1) is 25.6. The number of aryl methyl sites for hydroxylation is 1. The summed E-state index contributed by atoms with van der Waals surface area (Å²) in [6.45, 7) is 4.93. The molecule has 0 aliphatic heterocycles. The van der Waals surface area contributed by atoms with Crippen LogP contribution in [0.25, 0.3) is 6.08 Å². The van der Waals surface area contributed by atoms with Crippen LogP contribution in [0.2, 0.25) is 0 Å². The van der Waals surface area contributed by atoms with E-state index in [0.29, 0.717) is 36.8 Å². The molecule has 0 aliphatic rings. The number of nitriles is 1. The molecule has 0 spiro atoms. The van der Waals surface area contributed by atoms with Gasteiger partial charge in [0.05, 0.1) is 13.7 Å². The summed E-state index contributed by atoms with van der Waals surface area (Å²) in [5.41, 5.74) is 2.83. The molecular formula is C26H30N2O5. The summed E-state index contributed by atoms with van der Waals surface area (Å²) >= 11 is 0. The maximum absolute atomic E-state index is 12.4. The van der Waals surface area contributed by atoms with E-state index < -0.39 is 5.91 Å². The smallest absolute Gasteiger partial charge is 0.311 e. The molecule has 0 fully saturated rings. The molecule has 0 bridgehead atoms. The maximum atomic E-state index is 12.4. The van der Waals surface area contributed by atoms with Gasteiger partial charge in [-0.15, -0.1) is 0 Å². The topological polar surface area (TPSA) is 97.6 Å². The Bertz CT molecular complexity index is 1020. The minimum atomic E-state index is -0.495. The second-order valence-corrected chi connectivity index (χ2v) is 7.70. The summed E-state index contributed by atoms with van der Waals surface area (Å²) in [7, 11) is 2.98. The molecule has 2 aromatic carbocycles. The fourth-order valence-corrected chi connectivity index (χ4v) is 3.02. The predicted molar refractivity (Wildman–Crippen MR) is 126 cm³/mol. The average Bonchev–Trinajstić information content (AvgIpc) is 2.82. The van der Waals surface area contributed by atoms with E-state index in [4.69, 9.17) is 14.2 Å². The molecule has 0 unspecified atom stereocenters. The third-order valence-electron chi connectivity index (χ3n) is 4.94. The molecule has 33 heavy (non-hydrogen) atoms. The van der Waals surface area contributed by atoms with Crippen LogP contribution in [-0.4, -0.2) is 39.2 Å². The van der Waals surface area contributed by atoms with Gasteiger partial charge in [0.25, 0.3) is 5.91 Å². The highest BCUT2D eigenvalue weighted by Crippen LogP contribution is 2.29. The van der Waals surface area contributed by atoms with Gasteiger partial charge in [-0.3, -0.25) is 9.59 Å². The third-order valence-corrected chi connectivity index (χ3v) is 4.94. The van der Waals surface area contributed by atoms with E-state index in [-0.39, 0.29) is 23.7 Å². The largest absolute Gasteiger partial charge is 0.493 e. The lowest BCUT2D eigenvalue weighted by Gasteiger charge is -2.11. The molecule has 0 aliphatic carbocycles. The zero-order valence-corrected chi connectivity index (χ0v) is 19.5. The van der Waals surface area contributed by atoms with Crippen LogP contribution in [0.4, 0.5) is 0 Å². The van der Waals surface area contributed by atoms with Crippen molar-refractivity contribution in [3.05, 3.63) is 64.7 Å². The second-order valence-electron chi connectivity index (χ2n) is 7.70. The Balaban J connectivity index is 2.02. The van der Waals surface area contributed by atoms with Crippen molar-refractivity contribution in [3.63, 3.8) is 0 Å². The van der Waals surface area contributed by atoms with E-state index in [0.717, 1.165) is 5.56 Å². The van der Waals surface area contributed by atoms with E-state index in [1.165, 1.54) is 25.9 Å². The number of benzene rings is 2. The number of methoxy groups -OCH3 is 2. The van der Waals surface area contributed by atoms with Gasteiger partial charge in [0.15, 0.2) is 11.5 Å². The van der Waals surface area contributed by atoms with E-state index in [9.17, 15) is 14.9 Å². The number of nitrogens with one attached hydrogen (secondary N) is 1. The van der Waals surface area contributed by atoms with Crippen molar-refractivity contribution in [3.8, 4) is 17.6 Å². The fourth-order valence-electron chi connectivity index (χ4n) is 3.02. The van der Waals surface area contributed by atoms with Gasteiger partial charge in [-0.25, -0.2) is 0 Å². The van der Waals surface area contributed by atoms with Crippen molar-refractivity contribution in [1.29, 1.82) is 5.26 Å². The summed E-state index contributed by atoms with van der Waals surface area (Å²) < 4.78 is 15.7. The minimum Gasteiger partial charge on any atom is -0.493 e. The van der Waals surface area contributed by atoms with Crippen LogP contribution in [-0.2, 0) is 20.7 Å². The molecule has 174 valence electrons. The number of nitrogens with zero attached hydrogens (tertiary/aromatic N) is 1. The number of hydrogen-bond donors (Lipinski definition) is 1. The molecular weight excluding hydrogens is 420 g/mol. The highest BCUT2D eigenvalue weighted by atomic mass is 16.6. The van der Waals surface area contributed by atoms with Crippen molar-refractivity contribution in [1.82, 2.24) is 5.32 Å². The Kier molecular flexibility index (Phi) is 10.1. The Morgan fingerprint density at radius 1 is 1.09 bits per heavy atom. The molecule has 1 N–H and O–H groups in total. The summed E-state index contributed by atoms with van der Waals surface area (Å²) in [5.74, 6) is 0.196. The Morgan fingerprint density at radius 3 is 2.42 bits per heavy atom. The number of esters is 1. The van der Waals surface area contributed by atoms with E-state index >= 15 is 0 Å². The fraction of sp³-hybridized carbons (Fsp3) is 0.346. The number of carbonyl (C=O) groups excluding carboxylic acids is 2.